The Kier molecular flexibility index (Phi) is 5.02. The summed E-state index contributed by atoms with van der Waals surface area (Å²) in [5, 5.41) is 40.4. The molecule has 28 heavy (non-hydrogen) atoms. The van der Waals surface area contributed by atoms with Crippen LogP contribution in [0.4, 0.5) is 0 Å². The van der Waals surface area contributed by atoms with E-state index in [0.29, 0.717) is 13.1 Å². The first-order chi connectivity index (χ1) is 13.2. The number of nitrogens with zero attached hydrogens (tertiary/aromatic N) is 4. The Bertz CT molecular complexity index is 1120. The van der Waals surface area contributed by atoms with E-state index in [0.717, 1.165) is 0 Å². The summed E-state index contributed by atoms with van der Waals surface area (Å²) < 4.78 is 0. The molecule has 0 unspecified atom stereocenters. The average molecular weight is 384 g/mol. The lowest BCUT2D eigenvalue weighted by Crippen LogP contribution is -2.15. The molecule has 1 heterocycles. The van der Waals surface area contributed by atoms with Crippen molar-refractivity contribution in [3.8, 4) is 17.2 Å². The second-order valence-electron chi connectivity index (χ2n) is 6.63. The second-order valence-corrected chi connectivity index (χ2v) is 6.63. The normalized spacial score (nSPS) is 11.9. The Labute approximate surface area is 160 Å². The van der Waals surface area contributed by atoms with E-state index in [1.807, 2.05) is 19.0 Å². The summed E-state index contributed by atoms with van der Waals surface area (Å²) >= 11 is 0. The minimum Gasteiger partial charge on any atom is -0.507 e. The molecule has 9 nitrogen and oxygen atoms in total. The third-order valence-corrected chi connectivity index (χ3v) is 4.37. The van der Waals surface area contributed by atoms with Gasteiger partial charge in [0.15, 0.2) is 0 Å². The molecule has 0 spiro atoms. The van der Waals surface area contributed by atoms with Gasteiger partial charge < -0.3 is 25.3 Å². The molecular weight excluding hydrogens is 364 g/mol. The Morgan fingerprint density at radius 1 is 1.07 bits per heavy atom. The number of benzene rings is 2. The van der Waals surface area contributed by atoms with Crippen LogP contribution in [0, 0.1) is 6.92 Å². The molecule has 3 rings (SSSR count). The highest BCUT2D eigenvalue weighted by molar-refractivity contribution is 6.08. The quantitative estimate of drug-likeness (QED) is 0.386. The molecule has 0 aliphatic rings. The van der Waals surface area contributed by atoms with Crippen molar-refractivity contribution in [3.05, 3.63) is 28.8 Å². The van der Waals surface area contributed by atoms with Crippen LogP contribution in [0.3, 0.4) is 0 Å². The monoisotopic (exact) mass is 384 g/mol. The van der Waals surface area contributed by atoms with Crippen LogP contribution in [0.25, 0.3) is 22.1 Å². The number of aromatic carboxylic acids is 1. The number of hydrogen-bond donors (Lipinski definition) is 4. The molecule has 0 atom stereocenters. The van der Waals surface area contributed by atoms with E-state index >= 15 is 0 Å². The van der Waals surface area contributed by atoms with Gasteiger partial charge in [0.25, 0.3) is 0 Å². The number of aliphatic imine (C=N–C) groups is 1. The lowest BCUT2D eigenvalue weighted by Gasteiger charge is -2.12. The van der Waals surface area contributed by atoms with E-state index < -0.39 is 5.97 Å². The number of carbonyl (C=O) groups is 1. The van der Waals surface area contributed by atoms with Crippen LogP contribution < -0.4 is 0 Å². The Balaban J connectivity index is 2.33. The number of phenols is 3. The highest BCUT2D eigenvalue weighted by Crippen LogP contribution is 2.38. The molecule has 0 saturated heterocycles. The molecule has 4 N–H and O–H groups in total. The molecule has 0 bridgehead atoms. The fourth-order valence-corrected chi connectivity index (χ4v) is 2.79. The van der Waals surface area contributed by atoms with E-state index in [2.05, 4.69) is 15.0 Å². The smallest absolute Gasteiger partial charge is 0.337 e. The van der Waals surface area contributed by atoms with Gasteiger partial charge in [-0.15, -0.1) is 0 Å². The molecule has 2 aromatic carbocycles. The molecule has 146 valence electrons. The molecule has 0 saturated carbocycles. The molecule has 0 radical (unpaired) electrons. The molecule has 0 amide bonds. The van der Waals surface area contributed by atoms with Gasteiger partial charge in [-0.1, -0.05) is 0 Å². The number of aromatic nitrogens is 2. The number of hydrogen-bond acceptors (Lipinski definition) is 8. The van der Waals surface area contributed by atoms with Gasteiger partial charge in [-0.25, -0.2) is 14.8 Å². The van der Waals surface area contributed by atoms with Crippen LogP contribution in [0.1, 0.15) is 21.5 Å². The van der Waals surface area contributed by atoms with E-state index in [1.165, 1.54) is 25.3 Å². The van der Waals surface area contributed by atoms with E-state index in [-0.39, 0.29) is 56.0 Å². The molecule has 0 aliphatic carbocycles. The van der Waals surface area contributed by atoms with E-state index in [9.17, 15) is 25.2 Å². The predicted molar refractivity (Wildman–Crippen MR) is 105 cm³/mol. The van der Waals surface area contributed by atoms with Crippen molar-refractivity contribution in [2.75, 3.05) is 27.2 Å². The van der Waals surface area contributed by atoms with Crippen LogP contribution >= 0.6 is 0 Å². The molecular formula is C19H20N4O5. The highest BCUT2D eigenvalue weighted by Gasteiger charge is 2.21. The summed E-state index contributed by atoms with van der Waals surface area (Å²) in [5.74, 6) is -2.02. The zero-order valence-electron chi connectivity index (χ0n) is 15.6. The van der Waals surface area contributed by atoms with Crippen molar-refractivity contribution in [3.63, 3.8) is 0 Å². The number of aromatic hydroxyl groups is 3. The number of carboxylic acids is 1. The summed E-state index contributed by atoms with van der Waals surface area (Å²) in [5.41, 5.74) is 0.276. The van der Waals surface area contributed by atoms with Gasteiger partial charge in [-0.05, 0) is 33.2 Å². The van der Waals surface area contributed by atoms with E-state index in [1.54, 1.807) is 0 Å². The minimum absolute atomic E-state index is 0.0185. The van der Waals surface area contributed by atoms with Crippen LogP contribution in [-0.4, -0.2) is 74.7 Å². The summed E-state index contributed by atoms with van der Waals surface area (Å²) in [6.45, 7) is 2.68. The van der Waals surface area contributed by atoms with Crippen LogP contribution in [0.15, 0.2) is 17.1 Å². The molecule has 0 aliphatic heterocycles. The fourth-order valence-electron chi connectivity index (χ4n) is 2.79. The third kappa shape index (κ3) is 3.27. The van der Waals surface area contributed by atoms with Gasteiger partial charge >= 0.3 is 5.97 Å². The van der Waals surface area contributed by atoms with Crippen molar-refractivity contribution in [1.82, 2.24) is 14.9 Å². The Hall–Kier alpha value is -3.46. The zero-order valence-corrected chi connectivity index (χ0v) is 15.6. The van der Waals surface area contributed by atoms with Gasteiger partial charge in [0.1, 0.15) is 39.3 Å². The lowest BCUT2D eigenvalue weighted by atomic mass is 10.0. The first-order valence-corrected chi connectivity index (χ1v) is 8.48. The molecule has 0 fully saturated rings. The Morgan fingerprint density at radius 3 is 2.39 bits per heavy atom. The SMILES string of the molecule is Cc1c(O)c(/C=N/CCN(C)C)c2nc3c(O)ccc(C(=O)O)c3nc2c1O. The van der Waals surface area contributed by atoms with Crippen LogP contribution in [0.5, 0.6) is 17.2 Å². The standard InChI is InChI=1S/C19H20N4O5/c1-9-17(25)11(8-20-6-7-23(2)3)14-16(18(9)26)22-13-10(19(27)28)4-5-12(24)15(13)21-14/h4-5,8,24-26H,6-7H2,1-3H3,(H,27,28)/b20-8+. The maximum Gasteiger partial charge on any atom is 0.337 e. The van der Waals surface area contributed by atoms with E-state index in [4.69, 9.17) is 0 Å². The van der Waals surface area contributed by atoms with Gasteiger partial charge in [0.05, 0.1) is 17.7 Å². The van der Waals surface area contributed by atoms with Crippen molar-refractivity contribution in [2.45, 2.75) is 6.92 Å². The van der Waals surface area contributed by atoms with Gasteiger partial charge in [-0.2, -0.15) is 0 Å². The van der Waals surface area contributed by atoms with Gasteiger partial charge in [0, 0.05) is 18.3 Å². The van der Waals surface area contributed by atoms with Crippen molar-refractivity contribution >= 4 is 34.3 Å². The average Bonchev–Trinajstić information content (AvgIpc) is 2.64. The van der Waals surface area contributed by atoms with Gasteiger partial charge in [-0.3, -0.25) is 4.99 Å². The van der Waals surface area contributed by atoms with Crippen molar-refractivity contribution in [2.24, 2.45) is 4.99 Å². The summed E-state index contributed by atoms with van der Waals surface area (Å²) in [7, 11) is 3.82. The topological polar surface area (TPSA) is 139 Å². The fraction of sp³-hybridized carbons (Fsp3) is 0.263. The minimum atomic E-state index is -1.24. The van der Waals surface area contributed by atoms with Crippen LogP contribution in [-0.2, 0) is 0 Å². The summed E-state index contributed by atoms with van der Waals surface area (Å²) in [4.78, 5) is 26.3. The summed E-state index contributed by atoms with van der Waals surface area (Å²) in [6, 6.07) is 2.43. The largest absolute Gasteiger partial charge is 0.507 e. The number of rotatable bonds is 5. The summed E-state index contributed by atoms with van der Waals surface area (Å²) in [6.07, 6.45) is 1.44. The molecule has 3 aromatic rings. The Morgan fingerprint density at radius 2 is 1.75 bits per heavy atom. The second kappa shape index (κ2) is 7.28. The number of fused-ring (bicyclic) bond motifs is 2. The van der Waals surface area contributed by atoms with Crippen molar-refractivity contribution < 1.29 is 25.2 Å². The highest BCUT2D eigenvalue weighted by atomic mass is 16.4. The predicted octanol–water partition coefficient (Wildman–Crippen LogP) is 1.89. The first kappa shape index (κ1) is 19.3. The number of likely N-dealkylation sites (N-methyl/N-ethyl adjacent to an activating group) is 1. The molecule has 1 aromatic heterocycles. The lowest BCUT2D eigenvalue weighted by molar-refractivity contribution is 0.0699. The third-order valence-electron chi connectivity index (χ3n) is 4.37. The van der Waals surface area contributed by atoms with Crippen LogP contribution in [0.2, 0.25) is 0 Å². The number of carboxylic acid groups (broad SMARTS) is 1. The molecule has 9 heteroatoms. The zero-order chi connectivity index (χ0) is 20.6. The van der Waals surface area contributed by atoms with Crippen molar-refractivity contribution in [1.29, 1.82) is 0 Å². The van der Waals surface area contributed by atoms with Gasteiger partial charge in [0.2, 0.25) is 0 Å². The number of phenolic OH excluding ortho intramolecular Hbond substituents is 3. The maximum atomic E-state index is 11.5. The first-order valence-electron chi connectivity index (χ1n) is 8.48. The maximum absolute atomic E-state index is 11.5.